The van der Waals surface area contributed by atoms with Gasteiger partial charge in [0, 0.05) is 6.61 Å². The van der Waals surface area contributed by atoms with E-state index in [0.29, 0.717) is 13.0 Å². The zero-order valence-electron chi connectivity index (χ0n) is 6.90. The molecule has 0 aromatic heterocycles. The summed E-state index contributed by atoms with van der Waals surface area (Å²) in [7, 11) is -5.80. The van der Waals surface area contributed by atoms with Crippen LogP contribution in [0.15, 0.2) is 0 Å². The van der Waals surface area contributed by atoms with E-state index < -0.39 is 24.6 Å². The van der Waals surface area contributed by atoms with Gasteiger partial charge >= 0.3 is 10.4 Å². The monoisotopic (exact) mass is 246 g/mol. The van der Waals surface area contributed by atoms with Gasteiger partial charge in [-0.2, -0.15) is 19.5 Å². The molecule has 8 heteroatoms. The fourth-order valence-corrected chi connectivity index (χ4v) is 3.99. The average molecular weight is 247 g/mol. The van der Waals surface area contributed by atoms with Crippen LogP contribution in [-0.4, -0.2) is 33.8 Å². The van der Waals surface area contributed by atoms with Crippen LogP contribution in [0, 0.1) is 0 Å². The van der Waals surface area contributed by atoms with Crippen molar-refractivity contribution < 1.29 is 21.9 Å². The third-order valence-electron chi connectivity index (χ3n) is 1.78. The molecule has 0 radical (unpaired) electrons. The topological polar surface area (TPSA) is 72.8 Å². The van der Waals surface area contributed by atoms with Gasteiger partial charge in [-0.05, 0) is 19.3 Å². The van der Waals surface area contributed by atoms with Gasteiger partial charge in [0.1, 0.15) is 0 Å². The lowest BCUT2D eigenvalue weighted by atomic mass is 10.2. The van der Waals surface area contributed by atoms with Crippen molar-refractivity contribution in [1.29, 1.82) is 0 Å². The summed E-state index contributed by atoms with van der Waals surface area (Å²) in [5.41, 5.74) is -1.23. The highest BCUT2D eigenvalue weighted by Gasteiger charge is 2.38. The number of hydrogen-bond acceptors (Lipinski definition) is 4. The maximum Gasteiger partial charge on any atom is 0.399 e. The van der Waals surface area contributed by atoms with E-state index in [4.69, 9.17) is 20.4 Å². The lowest BCUT2D eigenvalue weighted by Gasteiger charge is -2.33. The first kappa shape index (κ1) is 11.4. The first-order valence-corrected chi connectivity index (χ1v) is 8.06. The zero-order chi connectivity index (χ0) is 9.95. The molecular formula is C5H11ClO5SSi. The second-order valence-electron chi connectivity index (χ2n) is 2.86. The molecule has 78 valence electrons. The number of rotatable bonds is 3. The second kappa shape index (κ2) is 4.24. The van der Waals surface area contributed by atoms with Crippen LogP contribution in [-0.2, 0) is 19.3 Å². The van der Waals surface area contributed by atoms with Crippen molar-refractivity contribution in [3.8, 4) is 0 Å². The molecule has 1 N–H and O–H groups in total. The van der Waals surface area contributed by atoms with Gasteiger partial charge in [-0.15, -0.1) is 0 Å². The molecule has 1 atom stereocenters. The van der Waals surface area contributed by atoms with Crippen LogP contribution in [0.4, 0.5) is 0 Å². The molecule has 0 aromatic rings. The van der Waals surface area contributed by atoms with Crippen molar-refractivity contribution in [3.05, 3.63) is 0 Å². The van der Waals surface area contributed by atoms with Crippen molar-refractivity contribution in [2.45, 2.75) is 24.7 Å². The van der Waals surface area contributed by atoms with E-state index >= 15 is 0 Å². The number of ether oxygens (including phenoxy) is 1. The van der Waals surface area contributed by atoms with E-state index in [9.17, 15) is 8.42 Å². The van der Waals surface area contributed by atoms with Crippen molar-refractivity contribution in [1.82, 2.24) is 0 Å². The Morgan fingerprint density at radius 1 is 1.54 bits per heavy atom. The highest BCUT2D eigenvalue weighted by molar-refractivity contribution is 7.81. The first-order chi connectivity index (χ1) is 5.97. The number of halogens is 1. The molecule has 0 saturated carbocycles. The van der Waals surface area contributed by atoms with Gasteiger partial charge in [-0.1, -0.05) is 0 Å². The van der Waals surface area contributed by atoms with Crippen LogP contribution in [0.25, 0.3) is 0 Å². The van der Waals surface area contributed by atoms with Crippen molar-refractivity contribution in [2.24, 2.45) is 0 Å². The summed E-state index contributed by atoms with van der Waals surface area (Å²) in [6.45, 7) is 0.426. The predicted octanol–water partition coefficient (Wildman–Crippen LogP) is -0.0173. The summed E-state index contributed by atoms with van der Waals surface area (Å²) in [6.07, 6.45) is 2.10. The summed E-state index contributed by atoms with van der Waals surface area (Å²) >= 11 is 5.66. The van der Waals surface area contributed by atoms with Gasteiger partial charge in [-0.3, -0.25) is 4.55 Å². The van der Waals surface area contributed by atoms with Crippen LogP contribution in [0.1, 0.15) is 19.3 Å². The van der Waals surface area contributed by atoms with Gasteiger partial charge < -0.3 is 4.74 Å². The van der Waals surface area contributed by atoms with Crippen LogP contribution in [0.3, 0.4) is 0 Å². The molecule has 0 amide bonds. The molecule has 1 fully saturated rings. The van der Waals surface area contributed by atoms with Crippen molar-refractivity contribution in [3.63, 3.8) is 0 Å². The van der Waals surface area contributed by atoms with E-state index in [1.54, 1.807) is 0 Å². The molecule has 13 heavy (non-hydrogen) atoms. The van der Waals surface area contributed by atoms with E-state index in [1.165, 1.54) is 0 Å². The van der Waals surface area contributed by atoms with E-state index in [1.807, 2.05) is 0 Å². The largest absolute Gasteiger partial charge is 0.399 e. The Labute approximate surface area is 83.8 Å². The molecule has 1 aliphatic heterocycles. The minimum absolute atomic E-state index is 0.426. The second-order valence-corrected chi connectivity index (χ2v) is 6.03. The van der Waals surface area contributed by atoms with Crippen LogP contribution in [0.2, 0.25) is 0 Å². The van der Waals surface area contributed by atoms with Gasteiger partial charge in [0.2, 0.25) is 0 Å². The molecule has 5 nitrogen and oxygen atoms in total. The Kier molecular flexibility index (Phi) is 3.72. The minimum Gasteiger partial charge on any atom is -0.352 e. The third-order valence-corrected chi connectivity index (χ3v) is 4.83. The maximum atomic E-state index is 10.5. The van der Waals surface area contributed by atoms with Crippen molar-refractivity contribution >= 4 is 30.3 Å². The molecule has 0 bridgehead atoms. The highest BCUT2D eigenvalue weighted by Crippen LogP contribution is 2.27. The van der Waals surface area contributed by atoms with Crippen molar-refractivity contribution in [2.75, 3.05) is 6.61 Å². The molecule has 1 saturated heterocycles. The zero-order valence-corrected chi connectivity index (χ0v) is 9.89. The molecule has 0 aliphatic carbocycles. The van der Waals surface area contributed by atoms with Gasteiger partial charge in [0.05, 0.1) is 0 Å². The highest BCUT2D eigenvalue weighted by atomic mass is 35.6. The Bertz CT molecular complexity index is 260. The Hall–Kier alpha value is 0.337. The van der Waals surface area contributed by atoms with Crippen LogP contribution in [0.5, 0.6) is 0 Å². The van der Waals surface area contributed by atoms with Crippen LogP contribution >= 0.6 is 11.1 Å². The molecule has 1 aliphatic rings. The van der Waals surface area contributed by atoms with Crippen LogP contribution < -0.4 is 0 Å². The lowest BCUT2D eigenvalue weighted by molar-refractivity contribution is -0.145. The summed E-state index contributed by atoms with van der Waals surface area (Å²) in [5.74, 6) is 0. The predicted molar refractivity (Wildman–Crippen MR) is 49.6 cm³/mol. The standard InChI is InChI=1S/C5H11ClO5SSi/c6-13-5(11-12(7,8)9)3-1-2-4-10-5/h1-4,13H2,(H,7,8,9). The molecule has 0 aromatic carbocycles. The maximum absolute atomic E-state index is 10.5. The van der Waals surface area contributed by atoms with E-state index in [-0.39, 0.29) is 0 Å². The van der Waals surface area contributed by atoms with Gasteiger partial charge in [-0.25, -0.2) is 4.18 Å². The Morgan fingerprint density at radius 3 is 2.62 bits per heavy atom. The average Bonchev–Trinajstić information content (AvgIpc) is 2.03. The third kappa shape index (κ3) is 3.53. The van der Waals surface area contributed by atoms with Gasteiger partial charge in [0.25, 0.3) is 0 Å². The Balaban J connectivity index is 2.68. The van der Waals surface area contributed by atoms with E-state index in [2.05, 4.69) is 4.18 Å². The smallest absolute Gasteiger partial charge is 0.352 e. The molecule has 1 heterocycles. The summed E-state index contributed by atoms with van der Waals surface area (Å²) in [6, 6.07) is 0. The summed E-state index contributed by atoms with van der Waals surface area (Å²) in [5, 5.41) is 0. The fourth-order valence-electron chi connectivity index (χ4n) is 1.21. The quantitative estimate of drug-likeness (QED) is 0.431. The SMILES string of the molecule is O=S(=O)(O)OC1([SiH2]Cl)CCCCO1. The molecular weight excluding hydrogens is 236 g/mol. The molecule has 1 rings (SSSR count). The Morgan fingerprint density at radius 2 is 2.23 bits per heavy atom. The fraction of sp³-hybridized carbons (Fsp3) is 1.00. The van der Waals surface area contributed by atoms with Gasteiger partial charge in [0.15, 0.2) is 14.2 Å². The normalized spacial score (nSPS) is 31.2. The number of hydrogen-bond donors (Lipinski definition) is 1. The molecule has 0 spiro atoms. The summed E-state index contributed by atoms with van der Waals surface area (Å²) < 4.78 is 39.1. The first-order valence-electron chi connectivity index (χ1n) is 3.85. The van der Waals surface area contributed by atoms with E-state index in [0.717, 1.165) is 12.8 Å². The minimum atomic E-state index is -4.47. The molecule has 1 unspecified atom stereocenters. The lowest BCUT2D eigenvalue weighted by Crippen LogP contribution is -2.44. The summed E-state index contributed by atoms with van der Waals surface area (Å²) in [4.78, 5) is 0.